The van der Waals surface area contributed by atoms with Crippen LogP contribution in [-0.4, -0.2) is 59.3 Å². The van der Waals surface area contributed by atoms with E-state index in [-0.39, 0.29) is 24.4 Å². The highest BCUT2D eigenvalue weighted by Crippen LogP contribution is 2.22. The van der Waals surface area contributed by atoms with Gasteiger partial charge in [0.25, 0.3) is 0 Å². The van der Waals surface area contributed by atoms with Crippen molar-refractivity contribution in [2.45, 2.75) is 45.6 Å². The first kappa shape index (κ1) is 22.2. The van der Waals surface area contributed by atoms with E-state index in [0.717, 1.165) is 30.2 Å². The highest BCUT2D eigenvalue weighted by Gasteiger charge is 2.28. The summed E-state index contributed by atoms with van der Waals surface area (Å²) in [6.07, 6.45) is 4.13. The summed E-state index contributed by atoms with van der Waals surface area (Å²) in [7, 11) is 0. The maximum atomic E-state index is 12.4. The highest BCUT2D eigenvalue weighted by atomic mass is 16.2. The average molecular weight is 437 g/mol. The molecule has 2 aliphatic rings. The summed E-state index contributed by atoms with van der Waals surface area (Å²) in [5.41, 5.74) is 2.43. The Kier molecular flexibility index (Phi) is 6.99. The number of nitrogens with zero attached hydrogens (tertiary/aromatic N) is 4. The van der Waals surface area contributed by atoms with Gasteiger partial charge in [0.1, 0.15) is 6.54 Å². The quantitative estimate of drug-likeness (QED) is 0.724. The van der Waals surface area contributed by atoms with Crippen LogP contribution in [0.1, 0.15) is 39.5 Å². The standard InChI is InChI=1S/C24H32N6O2/c1-17(2)21-14-24(32)30(16-25-21)15-23(31)26-19-8-6-18(7-9-19)20-10-11-22(28-27-20)29-12-4-3-5-13-29/h6-11,17,21,25H,3-5,12-16H2,1-2H3,(H,26,31). The van der Waals surface area contributed by atoms with Crippen molar-refractivity contribution in [1.29, 1.82) is 0 Å². The molecule has 0 bridgehead atoms. The van der Waals surface area contributed by atoms with Crippen LogP contribution in [0.15, 0.2) is 36.4 Å². The van der Waals surface area contributed by atoms with E-state index < -0.39 is 0 Å². The number of piperidine rings is 1. The number of nitrogens with one attached hydrogen (secondary N) is 2. The fraction of sp³-hybridized carbons (Fsp3) is 0.500. The molecule has 2 amide bonds. The van der Waals surface area contributed by atoms with Gasteiger partial charge in [0.05, 0.1) is 12.4 Å². The Morgan fingerprint density at radius 2 is 1.84 bits per heavy atom. The summed E-state index contributed by atoms with van der Waals surface area (Å²) >= 11 is 0. The molecule has 8 nitrogen and oxygen atoms in total. The van der Waals surface area contributed by atoms with E-state index in [1.54, 1.807) is 4.90 Å². The molecule has 0 radical (unpaired) electrons. The van der Waals surface area contributed by atoms with Crippen molar-refractivity contribution >= 4 is 23.3 Å². The minimum Gasteiger partial charge on any atom is -0.355 e. The minimum absolute atomic E-state index is 0.0134. The van der Waals surface area contributed by atoms with E-state index >= 15 is 0 Å². The molecule has 2 aliphatic heterocycles. The first-order valence-corrected chi connectivity index (χ1v) is 11.5. The molecule has 2 saturated heterocycles. The van der Waals surface area contributed by atoms with Gasteiger partial charge in [-0.05, 0) is 49.4 Å². The molecule has 2 aromatic rings. The number of carbonyl (C=O) groups excluding carboxylic acids is 2. The number of hydrogen-bond donors (Lipinski definition) is 2. The molecule has 2 N–H and O–H groups in total. The molecule has 0 spiro atoms. The number of benzene rings is 1. The summed E-state index contributed by atoms with van der Waals surface area (Å²) in [5, 5.41) is 15.0. The number of hydrogen-bond acceptors (Lipinski definition) is 6. The molecule has 170 valence electrons. The predicted octanol–water partition coefficient (Wildman–Crippen LogP) is 2.88. The number of carbonyl (C=O) groups is 2. The van der Waals surface area contributed by atoms with Crippen LogP contribution in [0.25, 0.3) is 11.3 Å². The molecule has 0 saturated carbocycles. The Morgan fingerprint density at radius 1 is 1.09 bits per heavy atom. The van der Waals surface area contributed by atoms with E-state index in [2.05, 4.69) is 39.6 Å². The molecule has 8 heteroatoms. The van der Waals surface area contributed by atoms with Crippen molar-refractivity contribution in [3.8, 4) is 11.3 Å². The Bertz CT molecular complexity index is 923. The summed E-state index contributed by atoms with van der Waals surface area (Å²) < 4.78 is 0. The van der Waals surface area contributed by atoms with Crippen LogP contribution >= 0.6 is 0 Å². The number of amides is 2. The van der Waals surface area contributed by atoms with Gasteiger partial charge in [-0.25, -0.2) is 0 Å². The molecular weight excluding hydrogens is 404 g/mol. The number of rotatable bonds is 6. The van der Waals surface area contributed by atoms with Gasteiger partial charge in [-0.15, -0.1) is 10.2 Å². The third-order valence-electron chi connectivity index (χ3n) is 6.23. The van der Waals surface area contributed by atoms with Crippen LogP contribution in [0.4, 0.5) is 11.5 Å². The lowest BCUT2D eigenvalue weighted by Crippen LogP contribution is -2.54. The second-order valence-corrected chi connectivity index (χ2v) is 8.96. The van der Waals surface area contributed by atoms with Gasteiger partial charge in [0, 0.05) is 36.8 Å². The number of anilines is 2. The molecule has 4 rings (SSSR count). The first-order chi connectivity index (χ1) is 15.5. The van der Waals surface area contributed by atoms with E-state index in [9.17, 15) is 9.59 Å². The topological polar surface area (TPSA) is 90.5 Å². The molecule has 1 atom stereocenters. The van der Waals surface area contributed by atoms with Crippen molar-refractivity contribution in [3.05, 3.63) is 36.4 Å². The summed E-state index contributed by atoms with van der Waals surface area (Å²) in [6.45, 7) is 6.71. The van der Waals surface area contributed by atoms with E-state index in [1.165, 1.54) is 19.3 Å². The lowest BCUT2D eigenvalue weighted by Gasteiger charge is -2.34. The normalized spacial score (nSPS) is 19.3. The SMILES string of the molecule is CC(C)C1CC(=O)N(CC(=O)Nc2ccc(-c3ccc(N4CCCCC4)nn3)cc2)CN1. The van der Waals surface area contributed by atoms with Crippen LogP contribution < -0.4 is 15.5 Å². The smallest absolute Gasteiger partial charge is 0.244 e. The predicted molar refractivity (Wildman–Crippen MR) is 125 cm³/mol. The zero-order valence-corrected chi connectivity index (χ0v) is 18.9. The fourth-order valence-corrected chi connectivity index (χ4v) is 4.19. The van der Waals surface area contributed by atoms with Gasteiger partial charge in [0.15, 0.2) is 5.82 Å². The van der Waals surface area contributed by atoms with Crippen LogP contribution in [-0.2, 0) is 9.59 Å². The minimum atomic E-state index is -0.207. The lowest BCUT2D eigenvalue weighted by atomic mass is 9.99. The Morgan fingerprint density at radius 3 is 2.47 bits per heavy atom. The van der Waals surface area contributed by atoms with Gasteiger partial charge >= 0.3 is 0 Å². The zero-order chi connectivity index (χ0) is 22.5. The second kappa shape index (κ2) is 10.1. The molecule has 1 unspecified atom stereocenters. The van der Waals surface area contributed by atoms with Crippen molar-refractivity contribution < 1.29 is 9.59 Å². The fourth-order valence-electron chi connectivity index (χ4n) is 4.19. The molecule has 2 fully saturated rings. The molecule has 0 aliphatic carbocycles. The Labute approximate surface area is 189 Å². The van der Waals surface area contributed by atoms with Crippen LogP contribution in [0.2, 0.25) is 0 Å². The van der Waals surface area contributed by atoms with E-state index in [4.69, 9.17) is 0 Å². The Hall–Kier alpha value is -3.00. The van der Waals surface area contributed by atoms with Crippen LogP contribution in [0.5, 0.6) is 0 Å². The maximum absolute atomic E-state index is 12.4. The molecular formula is C24H32N6O2. The van der Waals surface area contributed by atoms with E-state index in [0.29, 0.717) is 24.7 Å². The first-order valence-electron chi connectivity index (χ1n) is 11.5. The average Bonchev–Trinajstić information content (AvgIpc) is 2.81. The molecule has 1 aromatic heterocycles. The monoisotopic (exact) mass is 436 g/mol. The number of aromatic nitrogens is 2. The highest BCUT2D eigenvalue weighted by molar-refractivity contribution is 5.94. The van der Waals surface area contributed by atoms with E-state index in [1.807, 2.05) is 36.4 Å². The van der Waals surface area contributed by atoms with Gasteiger partial charge in [-0.3, -0.25) is 14.9 Å². The van der Waals surface area contributed by atoms with Gasteiger partial charge < -0.3 is 15.1 Å². The molecule has 32 heavy (non-hydrogen) atoms. The van der Waals surface area contributed by atoms with Crippen LogP contribution in [0, 0.1) is 5.92 Å². The van der Waals surface area contributed by atoms with Gasteiger partial charge in [-0.1, -0.05) is 26.0 Å². The zero-order valence-electron chi connectivity index (χ0n) is 18.9. The molecule has 3 heterocycles. The van der Waals surface area contributed by atoms with Crippen molar-refractivity contribution in [2.75, 3.05) is 36.5 Å². The summed E-state index contributed by atoms with van der Waals surface area (Å²) in [5.74, 6) is 1.12. The van der Waals surface area contributed by atoms with Crippen molar-refractivity contribution in [1.82, 2.24) is 20.4 Å². The lowest BCUT2D eigenvalue weighted by molar-refractivity contribution is -0.138. The van der Waals surface area contributed by atoms with Crippen molar-refractivity contribution in [2.24, 2.45) is 5.92 Å². The Balaban J connectivity index is 1.31. The largest absolute Gasteiger partial charge is 0.355 e. The summed E-state index contributed by atoms with van der Waals surface area (Å²) in [6, 6.07) is 11.7. The summed E-state index contributed by atoms with van der Waals surface area (Å²) in [4.78, 5) is 28.6. The molecule has 1 aromatic carbocycles. The van der Waals surface area contributed by atoms with Gasteiger partial charge in [-0.2, -0.15) is 0 Å². The third-order valence-corrected chi connectivity index (χ3v) is 6.23. The second-order valence-electron chi connectivity index (χ2n) is 8.96. The third kappa shape index (κ3) is 5.43. The van der Waals surface area contributed by atoms with Crippen molar-refractivity contribution in [3.63, 3.8) is 0 Å². The van der Waals surface area contributed by atoms with Crippen LogP contribution in [0.3, 0.4) is 0 Å². The van der Waals surface area contributed by atoms with Gasteiger partial charge in [0.2, 0.25) is 11.8 Å². The maximum Gasteiger partial charge on any atom is 0.244 e.